The van der Waals surface area contributed by atoms with Crippen LogP contribution in [-0.2, 0) is 70.8 Å². The van der Waals surface area contributed by atoms with Gasteiger partial charge < -0.3 is 101 Å². The molecule has 0 spiro atoms. The van der Waals surface area contributed by atoms with E-state index in [1.54, 1.807) is 73.3 Å². The zero-order valence-corrected chi connectivity index (χ0v) is 49.6. The van der Waals surface area contributed by atoms with Gasteiger partial charge in [0.05, 0.1) is 39.8 Å². The third-order valence-corrected chi connectivity index (χ3v) is 13.9. The molecular weight excluding hydrogens is 1160 g/mol. The Bertz CT molecular complexity index is 4100. The molecule has 32 nitrogen and oxygen atoms in total. The predicted octanol–water partition coefficient (Wildman–Crippen LogP) is 1.53. The number of imidazole rings is 1. The molecule has 1 atom stereocenters. The number of aromatic nitrogens is 9. The van der Waals surface area contributed by atoms with Crippen molar-refractivity contribution in [2.75, 3.05) is 56.9 Å². The van der Waals surface area contributed by atoms with E-state index in [0.717, 1.165) is 0 Å². The number of amides is 11. The molecule has 11 amide bonds. The number of anilines is 7. The summed E-state index contributed by atoms with van der Waals surface area (Å²) in [5.74, 6) is -5.80. The Hall–Kier alpha value is -11.7. The Balaban J connectivity index is 0.735. The molecule has 0 aliphatic carbocycles. The molecule has 8 rings (SSSR count). The van der Waals surface area contributed by atoms with Crippen molar-refractivity contribution in [3.05, 3.63) is 144 Å². The van der Waals surface area contributed by atoms with Gasteiger partial charge in [-0.15, -0.1) is 0 Å². The number of carbonyl (C=O) groups excluding carboxylic acids is 11. The number of hydrogen-bond acceptors (Lipinski definition) is 13. The third-order valence-electron chi connectivity index (χ3n) is 13.9. The van der Waals surface area contributed by atoms with Crippen molar-refractivity contribution in [2.45, 2.75) is 25.4 Å². The summed E-state index contributed by atoms with van der Waals surface area (Å²) in [5.41, 5.74) is 8.65. The van der Waals surface area contributed by atoms with Gasteiger partial charge in [0, 0.05) is 145 Å². The van der Waals surface area contributed by atoms with E-state index < -0.39 is 71.1 Å². The smallest absolute Gasteiger partial charge is 0.291 e. The van der Waals surface area contributed by atoms with E-state index >= 15 is 0 Å². The number of nitrogens with one attached hydrogen (secondary N) is 10. The standard InChI is InChI=1S/C57H66N20O12/c1-70-16-15-59-49(70)57(89)69-37-21-41(74(5)30-37)52(84)62-14-11-47(80)64-32-18-42(75(6)25-32)53(85)65-33-19-39(72(3)26-33)50(82)60-12-9-45(78)56(88)68-36-23-44(77(8)29-36)55(87)67-35-22-43(76(7)28-35)54(86)66-34-20-40(73(4)27-34)51(83)61-13-10-46(79)63-31-17-38(48(58)81)71(2)24-31/h15-30,45,78H,9-14H2,1-8H3,(H2,58,81)(H,60,82)(H,61,83)(H,62,84)(H,63,79)(H,64,80)(H,65,85)(H,66,86)(H,67,87)(H,68,88)(H,69,89)/t45-/m0/s1. The Morgan fingerprint density at radius 1 is 0.393 bits per heavy atom. The molecule has 0 aromatic carbocycles. The topological polar surface area (TPSA) is 407 Å². The van der Waals surface area contributed by atoms with Crippen LogP contribution in [-0.4, -0.2) is 137 Å². The molecule has 0 saturated carbocycles. The number of nitrogens with zero attached hydrogens (tertiary/aromatic N) is 9. The quantitative estimate of drug-likeness (QED) is 0.0387. The summed E-state index contributed by atoms with van der Waals surface area (Å²) in [5, 5.41) is 37.5. The van der Waals surface area contributed by atoms with Gasteiger partial charge in [0.1, 0.15) is 46.0 Å². The largest absolute Gasteiger partial charge is 0.383 e. The lowest BCUT2D eigenvalue weighted by molar-refractivity contribution is -0.124. The first-order valence-corrected chi connectivity index (χ1v) is 27.3. The normalized spacial score (nSPS) is 11.3. The average molecular weight is 1220 g/mol. The van der Waals surface area contributed by atoms with Crippen molar-refractivity contribution in [3.8, 4) is 0 Å². The van der Waals surface area contributed by atoms with Crippen molar-refractivity contribution in [1.82, 2.24) is 57.5 Å². The highest BCUT2D eigenvalue weighted by Crippen LogP contribution is 2.22. The Morgan fingerprint density at radius 3 is 1.01 bits per heavy atom. The van der Waals surface area contributed by atoms with Gasteiger partial charge in [-0.2, -0.15) is 0 Å². The fourth-order valence-electron chi connectivity index (χ4n) is 9.36. The van der Waals surface area contributed by atoms with E-state index in [0.29, 0.717) is 22.7 Å². The first-order chi connectivity index (χ1) is 42.2. The minimum atomic E-state index is -1.58. The minimum absolute atomic E-state index is 0.00936. The highest BCUT2D eigenvalue weighted by atomic mass is 16.3. The summed E-state index contributed by atoms with van der Waals surface area (Å²) in [6.07, 6.45) is 11.8. The summed E-state index contributed by atoms with van der Waals surface area (Å²) < 4.78 is 12.0. The minimum Gasteiger partial charge on any atom is -0.383 e. The second kappa shape index (κ2) is 27.1. The summed E-state index contributed by atoms with van der Waals surface area (Å²) in [6, 6.07) is 10.1. The number of rotatable bonds is 25. The number of aliphatic hydroxyl groups excluding tert-OH is 1. The van der Waals surface area contributed by atoms with Gasteiger partial charge in [-0.1, -0.05) is 0 Å². The maximum absolute atomic E-state index is 13.4. The number of aryl methyl sites for hydroxylation is 8. The number of hydrogen-bond donors (Lipinski definition) is 12. The summed E-state index contributed by atoms with van der Waals surface area (Å²) >= 11 is 0. The zero-order valence-electron chi connectivity index (χ0n) is 49.6. The van der Waals surface area contributed by atoms with E-state index in [2.05, 4.69) is 58.2 Å². The number of primary amides is 1. The Labute approximate surface area is 506 Å². The molecule has 0 fully saturated rings. The average Bonchev–Trinajstić information content (AvgIpc) is 2.48. The summed E-state index contributed by atoms with van der Waals surface area (Å²) in [4.78, 5) is 146. The molecule has 0 bridgehead atoms. The molecule has 466 valence electrons. The van der Waals surface area contributed by atoms with Gasteiger partial charge >= 0.3 is 0 Å². The van der Waals surface area contributed by atoms with Crippen LogP contribution in [0, 0.1) is 0 Å². The van der Waals surface area contributed by atoms with E-state index in [-0.39, 0.29) is 102 Å². The molecule has 13 N–H and O–H groups in total. The lowest BCUT2D eigenvalue weighted by Crippen LogP contribution is -2.33. The van der Waals surface area contributed by atoms with Crippen LogP contribution in [0.3, 0.4) is 0 Å². The zero-order chi connectivity index (χ0) is 64.5. The predicted molar refractivity (Wildman–Crippen MR) is 324 cm³/mol. The fraction of sp³-hybridized carbons (Fsp3) is 0.263. The monoisotopic (exact) mass is 1220 g/mol. The van der Waals surface area contributed by atoms with E-state index in [4.69, 9.17) is 5.73 Å². The van der Waals surface area contributed by atoms with Crippen LogP contribution in [0.4, 0.5) is 39.8 Å². The molecule has 89 heavy (non-hydrogen) atoms. The lowest BCUT2D eigenvalue weighted by atomic mass is 10.2. The van der Waals surface area contributed by atoms with Crippen molar-refractivity contribution in [3.63, 3.8) is 0 Å². The van der Waals surface area contributed by atoms with Gasteiger partial charge in [-0.05, 0) is 48.9 Å². The Kier molecular flexibility index (Phi) is 19.3. The number of nitrogens with two attached hydrogens (primary N) is 1. The third kappa shape index (κ3) is 15.6. The van der Waals surface area contributed by atoms with Crippen molar-refractivity contribution in [1.29, 1.82) is 0 Å². The second-order valence-corrected chi connectivity index (χ2v) is 20.8. The number of aliphatic hydroxyl groups is 1. The highest BCUT2D eigenvalue weighted by Gasteiger charge is 2.24. The molecular formula is C57H66N20O12. The van der Waals surface area contributed by atoms with Crippen molar-refractivity contribution >= 4 is 105 Å². The maximum atomic E-state index is 13.4. The van der Waals surface area contributed by atoms with Crippen LogP contribution in [0.5, 0.6) is 0 Å². The highest BCUT2D eigenvalue weighted by molar-refractivity contribution is 6.09. The maximum Gasteiger partial charge on any atom is 0.291 e. The molecule has 0 radical (unpaired) electrons. The van der Waals surface area contributed by atoms with E-state index in [1.807, 2.05) is 0 Å². The molecule has 0 saturated heterocycles. The van der Waals surface area contributed by atoms with Gasteiger partial charge in [0.2, 0.25) is 11.8 Å². The van der Waals surface area contributed by atoms with Crippen LogP contribution in [0.15, 0.2) is 98.2 Å². The van der Waals surface area contributed by atoms with Crippen molar-refractivity contribution < 1.29 is 57.8 Å². The fourth-order valence-corrected chi connectivity index (χ4v) is 9.36. The SMILES string of the molecule is Cn1cc(NC(=O)CCNC(=O)c2cc(NC(=O)c3cc(NC(=O)c4cc(NC(=O)[C@@H](O)CCNC(=O)c5cc(NC(=O)c6cc(NC(=O)CCNC(=O)c7cc(NC(=O)c8nccn8C)cn7C)cn6C)cn5C)cn4C)cn3C)cn2C)cc1C(N)=O. The van der Waals surface area contributed by atoms with Gasteiger partial charge in [0.15, 0.2) is 5.82 Å². The van der Waals surface area contributed by atoms with Crippen LogP contribution in [0.1, 0.15) is 103 Å². The molecule has 8 heterocycles. The number of carbonyl (C=O) groups is 11. The second-order valence-electron chi connectivity index (χ2n) is 20.8. The van der Waals surface area contributed by atoms with Crippen LogP contribution >= 0.6 is 0 Å². The van der Waals surface area contributed by atoms with Gasteiger partial charge in [-0.25, -0.2) is 4.98 Å². The molecule has 8 aromatic heterocycles. The molecule has 8 aromatic rings. The first kappa shape index (κ1) is 63.3. The van der Waals surface area contributed by atoms with Crippen LogP contribution < -0.4 is 58.9 Å². The van der Waals surface area contributed by atoms with Crippen LogP contribution in [0.2, 0.25) is 0 Å². The first-order valence-electron chi connectivity index (χ1n) is 27.3. The van der Waals surface area contributed by atoms with Gasteiger partial charge in [-0.3, -0.25) is 52.7 Å². The molecule has 0 aliphatic heterocycles. The molecule has 32 heteroatoms. The lowest BCUT2D eigenvalue weighted by Gasteiger charge is -2.11. The van der Waals surface area contributed by atoms with Crippen LogP contribution in [0.25, 0.3) is 0 Å². The van der Waals surface area contributed by atoms with Crippen molar-refractivity contribution in [2.24, 2.45) is 62.1 Å². The molecule has 0 unspecified atom stereocenters. The Morgan fingerprint density at radius 2 is 0.685 bits per heavy atom. The van der Waals surface area contributed by atoms with Gasteiger partial charge in [0.25, 0.3) is 53.2 Å². The summed E-state index contributed by atoms with van der Waals surface area (Å²) in [6.45, 7) is -0.149. The summed E-state index contributed by atoms with van der Waals surface area (Å²) in [7, 11) is 12.9. The van der Waals surface area contributed by atoms with E-state index in [1.165, 1.54) is 118 Å². The van der Waals surface area contributed by atoms with E-state index in [9.17, 15) is 57.8 Å². The molecule has 0 aliphatic rings.